The zero-order valence-corrected chi connectivity index (χ0v) is 18.0. The minimum Gasteiger partial charge on any atom is -0.354 e. The first kappa shape index (κ1) is 22.7. The summed E-state index contributed by atoms with van der Waals surface area (Å²) in [5.41, 5.74) is 3.29. The maximum atomic E-state index is 13.2. The molecule has 0 aromatic heterocycles. The first-order valence-electron chi connectivity index (χ1n) is 10.7. The van der Waals surface area contributed by atoms with Crippen molar-refractivity contribution in [3.63, 3.8) is 0 Å². The smallest absolute Gasteiger partial charge is 0.242 e. The van der Waals surface area contributed by atoms with Crippen LogP contribution < -0.4 is 5.32 Å². The summed E-state index contributed by atoms with van der Waals surface area (Å²) in [5.74, 6) is -0.0457. The van der Waals surface area contributed by atoms with Crippen molar-refractivity contribution >= 4 is 11.8 Å². The number of nitrogens with zero attached hydrogens (tertiary/aromatic N) is 1. The molecule has 0 aliphatic rings. The highest BCUT2D eigenvalue weighted by atomic mass is 16.2. The Bertz CT molecular complexity index is 773. The van der Waals surface area contributed by atoms with E-state index in [4.69, 9.17) is 0 Å². The van der Waals surface area contributed by atoms with Crippen molar-refractivity contribution in [1.82, 2.24) is 10.2 Å². The van der Waals surface area contributed by atoms with E-state index in [0.29, 0.717) is 25.9 Å². The number of benzene rings is 2. The SMILES string of the molecule is CCCCNC(=O)[C@H](CC)N(CCc1ccccc1)C(=O)Cc1cccc(C)c1. The third kappa shape index (κ3) is 7.37. The molecule has 0 saturated heterocycles. The third-order valence-corrected chi connectivity index (χ3v) is 5.14. The number of rotatable bonds is 11. The fraction of sp³-hybridized carbons (Fsp3) is 0.440. The zero-order valence-electron chi connectivity index (χ0n) is 18.0. The monoisotopic (exact) mass is 394 g/mol. The van der Waals surface area contributed by atoms with Crippen LogP contribution in [0.15, 0.2) is 54.6 Å². The van der Waals surface area contributed by atoms with E-state index in [1.807, 2.05) is 56.3 Å². The molecule has 0 heterocycles. The van der Waals surface area contributed by atoms with Gasteiger partial charge >= 0.3 is 0 Å². The summed E-state index contributed by atoms with van der Waals surface area (Å²) in [6.07, 6.45) is 3.63. The maximum Gasteiger partial charge on any atom is 0.242 e. The Kier molecular flexibility index (Phi) is 9.42. The van der Waals surface area contributed by atoms with E-state index in [9.17, 15) is 9.59 Å². The standard InChI is InChI=1S/C25H34N2O2/c1-4-6-16-26-25(29)23(5-2)27(17-15-21-12-8-7-9-13-21)24(28)19-22-14-10-11-20(3)18-22/h7-14,18,23H,4-6,15-17,19H2,1-3H3,(H,26,29)/t23-/m0/s1. The third-order valence-electron chi connectivity index (χ3n) is 5.14. The van der Waals surface area contributed by atoms with Crippen molar-refractivity contribution in [3.05, 3.63) is 71.3 Å². The van der Waals surface area contributed by atoms with Gasteiger partial charge in [0.1, 0.15) is 6.04 Å². The van der Waals surface area contributed by atoms with Gasteiger partial charge in [0, 0.05) is 13.1 Å². The second kappa shape index (κ2) is 12.1. The van der Waals surface area contributed by atoms with Crippen LogP contribution in [0.25, 0.3) is 0 Å². The molecule has 0 aliphatic carbocycles. The van der Waals surface area contributed by atoms with Crippen molar-refractivity contribution in [2.24, 2.45) is 0 Å². The number of unbranched alkanes of at least 4 members (excludes halogenated alkanes) is 1. The normalized spacial score (nSPS) is 11.7. The zero-order chi connectivity index (χ0) is 21.1. The lowest BCUT2D eigenvalue weighted by Gasteiger charge is -2.31. The largest absolute Gasteiger partial charge is 0.354 e. The molecule has 2 amide bonds. The van der Waals surface area contributed by atoms with Gasteiger partial charge in [-0.3, -0.25) is 9.59 Å². The van der Waals surface area contributed by atoms with Crippen LogP contribution in [-0.2, 0) is 22.4 Å². The van der Waals surface area contributed by atoms with Gasteiger partial charge in [-0.1, -0.05) is 80.4 Å². The summed E-state index contributed by atoms with van der Waals surface area (Å²) >= 11 is 0. The summed E-state index contributed by atoms with van der Waals surface area (Å²) in [6, 6.07) is 17.7. The molecule has 29 heavy (non-hydrogen) atoms. The van der Waals surface area contributed by atoms with Crippen molar-refractivity contribution < 1.29 is 9.59 Å². The van der Waals surface area contributed by atoms with Gasteiger partial charge in [0.05, 0.1) is 6.42 Å². The first-order valence-corrected chi connectivity index (χ1v) is 10.7. The van der Waals surface area contributed by atoms with E-state index in [0.717, 1.165) is 30.4 Å². The lowest BCUT2D eigenvalue weighted by Crippen LogP contribution is -2.50. The molecule has 0 unspecified atom stereocenters. The van der Waals surface area contributed by atoms with Crippen LogP contribution in [0.5, 0.6) is 0 Å². The molecular weight excluding hydrogens is 360 g/mol. The Balaban J connectivity index is 2.15. The Morgan fingerprint density at radius 2 is 1.72 bits per heavy atom. The fourth-order valence-corrected chi connectivity index (χ4v) is 3.50. The van der Waals surface area contributed by atoms with E-state index in [1.165, 1.54) is 5.56 Å². The predicted molar refractivity (Wildman–Crippen MR) is 119 cm³/mol. The van der Waals surface area contributed by atoms with Crippen LogP contribution in [0.1, 0.15) is 49.8 Å². The summed E-state index contributed by atoms with van der Waals surface area (Å²) in [5, 5.41) is 3.01. The average molecular weight is 395 g/mol. The van der Waals surface area contributed by atoms with Crippen LogP contribution in [0, 0.1) is 6.92 Å². The molecule has 0 spiro atoms. The maximum absolute atomic E-state index is 13.2. The Hall–Kier alpha value is -2.62. The summed E-state index contributed by atoms with van der Waals surface area (Å²) < 4.78 is 0. The highest BCUT2D eigenvalue weighted by Crippen LogP contribution is 2.13. The highest BCUT2D eigenvalue weighted by Gasteiger charge is 2.28. The number of nitrogens with one attached hydrogen (secondary N) is 1. The van der Waals surface area contributed by atoms with Gasteiger partial charge < -0.3 is 10.2 Å². The van der Waals surface area contributed by atoms with Crippen LogP contribution in [0.3, 0.4) is 0 Å². The Morgan fingerprint density at radius 3 is 2.38 bits per heavy atom. The molecule has 0 fully saturated rings. The van der Waals surface area contributed by atoms with Crippen molar-refractivity contribution in [3.8, 4) is 0 Å². The van der Waals surface area contributed by atoms with Crippen molar-refractivity contribution in [2.45, 2.75) is 58.9 Å². The summed E-state index contributed by atoms with van der Waals surface area (Å²) in [6.45, 7) is 7.29. The number of hydrogen-bond donors (Lipinski definition) is 1. The van der Waals surface area contributed by atoms with Gasteiger partial charge in [-0.15, -0.1) is 0 Å². The number of hydrogen-bond acceptors (Lipinski definition) is 2. The summed E-state index contributed by atoms with van der Waals surface area (Å²) in [7, 11) is 0. The molecule has 0 radical (unpaired) electrons. The van der Waals surface area contributed by atoms with Crippen molar-refractivity contribution in [1.29, 1.82) is 0 Å². The van der Waals surface area contributed by atoms with Crippen LogP contribution in [-0.4, -0.2) is 35.8 Å². The van der Waals surface area contributed by atoms with Gasteiger partial charge in [0.25, 0.3) is 0 Å². The minimum atomic E-state index is -0.437. The number of amides is 2. The Morgan fingerprint density at radius 1 is 1.00 bits per heavy atom. The molecule has 2 aromatic carbocycles. The molecule has 156 valence electrons. The van der Waals surface area contributed by atoms with E-state index in [1.54, 1.807) is 4.90 Å². The second-order valence-corrected chi connectivity index (χ2v) is 7.56. The minimum absolute atomic E-state index is 0.00372. The van der Waals surface area contributed by atoms with Gasteiger partial charge in [-0.05, 0) is 37.3 Å². The van der Waals surface area contributed by atoms with E-state index >= 15 is 0 Å². The summed E-state index contributed by atoms with van der Waals surface area (Å²) in [4.78, 5) is 27.8. The Labute approximate surface area is 175 Å². The number of aryl methyl sites for hydroxylation is 1. The second-order valence-electron chi connectivity index (χ2n) is 7.56. The molecule has 2 aromatic rings. The molecule has 4 nitrogen and oxygen atoms in total. The van der Waals surface area contributed by atoms with Gasteiger partial charge in [0.2, 0.25) is 11.8 Å². The molecule has 0 saturated carbocycles. The lowest BCUT2D eigenvalue weighted by molar-refractivity contribution is -0.140. The van der Waals surface area contributed by atoms with Gasteiger partial charge in [-0.2, -0.15) is 0 Å². The molecule has 1 atom stereocenters. The van der Waals surface area contributed by atoms with Crippen LogP contribution in [0.4, 0.5) is 0 Å². The van der Waals surface area contributed by atoms with Gasteiger partial charge in [0.15, 0.2) is 0 Å². The highest BCUT2D eigenvalue weighted by molar-refractivity contribution is 5.88. The predicted octanol–water partition coefficient (Wildman–Crippen LogP) is 4.30. The topological polar surface area (TPSA) is 49.4 Å². The van der Waals surface area contributed by atoms with Crippen molar-refractivity contribution in [2.75, 3.05) is 13.1 Å². The van der Waals surface area contributed by atoms with Gasteiger partial charge in [-0.25, -0.2) is 0 Å². The van der Waals surface area contributed by atoms with E-state index in [2.05, 4.69) is 24.4 Å². The first-order chi connectivity index (χ1) is 14.0. The van der Waals surface area contributed by atoms with Crippen LogP contribution in [0.2, 0.25) is 0 Å². The fourth-order valence-electron chi connectivity index (χ4n) is 3.50. The molecule has 4 heteroatoms. The quantitative estimate of drug-likeness (QED) is 0.578. The van der Waals surface area contributed by atoms with E-state index in [-0.39, 0.29) is 11.8 Å². The average Bonchev–Trinajstić information content (AvgIpc) is 2.71. The lowest BCUT2D eigenvalue weighted by atomic mass is 10.0. The molecule has 1 N–H and O–H groups in total. The molecule has 2 rings (SSSR count). The van der Waals surface area contributed by atoms with Crippen LogP contribution >= 0.6 is 0 Å². The molecule has 0 aliphatic heterocycles. The van der Waals surface area contributed by atoms with E-state index < -0.39 is 6.04 Å². The molecule has 0 bridgehead atoms. The number of carbonyl (C=O) groups excluding carboxylic acids is 2. The molecular formula is C25H34N2O2. The number of carbonyl (C=O) groups is 2.